The molecule has 0 fully saturated rings. The van der Waals surface area contributed by atoms with Crippen molar-refractivity contribution in [2.24, 2.45) is 5.10 Å². The van der Waals surface area contributed by atoms with E-state index in [1.165, 1.54) is 23.5 Å². The summed E-state index contributed by atoms with van der Waals surface area (Å²) in [7, 11) is 0. The van der Waals surface area contributed by atoms with Crippen LogP contribution in [0.3, 0.4) is 0 Å². The van der Waals surface area contributed by atoms with Crippen LogP contribution < -0.4 is 4.74 Å². The number of ether oxygens (including phenoxy) is 1. The fourth-order valence-corrected chi connectivity index (χ4v) is 1.30. The Labute approximate surface area is 98.2 Å². The number of para-hydroxylation sites is 1. The Morgan fingerprint density at radius 2 is 2.18 bits per heavy atom. The van der Waals surface area contributed by atoms with Crippen LogP contribution >= 0.6 is 0 Å². The Bertz CT molecular complexity index is 508. The molecular formula is C11H12N4O2. The molecule has 0 bridgehead atoms. The molecule has 0 unspecified atom stereocenters. The summed E-state index contributed by atoms with van der Waals surface area (Å²) < 4.78 is 6.71. The van der Waals surface area contributed by atoms with Crippen LogP contribution in [0.1, 0.15) is 12.5 Å². The second-order valence-corrected chi connectivity index (χ2v) is 3.21. The van der Waals surface area contributed by atoms with Crippen LogP contribution in [0.4, 0.5) is 0 Å². The van der Waals surface area contributed by atoms with Crippen LogP contribution in [0.5, 0.6) is 11.5 Å². The van der Waals surface area contributed by atoms with E-state index in [0.29, 0.717) is 17.9 Å². The highest BCUT2D eigenvalue weighted by atomic mass is 16.5. The van der Waals surface area contributed by atoms with E-state index >= 15 is 0 Å². The van der Waals surface area contributed by atoms with E-state index in [1.54, 1.807) is 18.2 Å². The van der Waals surface area contributed by atoms with Crippen molar-refractivity contribution in [3.63, 3.8) is 0 Å². The first kappa shape index (κ1) is 11.1. The van der Waals surface area contributed by atoms with Crippen molar-refractivity contribution in [1.29, 1.82) is 0 Å². The number of phenols is 1. The minimum Gasteiger partial charge on any atom is -0.504 e. The first-order chi connectivity index (χ1) is 8.31. The molecule has 6 heteroatoms. The van der Waals surface area contributed by atoms with Gasteiger partial charge in [0.1, 0.15) is 12.7 Å². The summed E-state index contributed by atoms with van der Waals surface area (Å²) in [6, 6.07) is 5.24. The van der Waals surface area contributed by atoms with Crippen LogP contribution in [0, 0.1) is 0 Å². The van der Waals surface area contributed by atoms with Crippen molar-refractivity contribution in [3.8, 4) is 11.5 Å². The molecule has 17 heavy (non-hydrogen) atoms. The second kappa shape index (κ2) is 5.11. The van der Waals surface area contributed by atoms with Gasteiger partial charge in [-0.15, -0.1) is 10.2 Å². The average Bonchev–Trinajstić information content (AvgIpc) is 2.83. The quantitative estimate of drug-likeness (QED) is 0.805. The largest absolute Gasteiger partial charge is 0.504 e. The minimum atomic E-state index is 0.0752. The maximum atomic E-state index is 9.89. The highest BCUT2D eigenvalue weighted by Crippen LogP contribution is 2.28. The van der Waals surface area contributed by atoms with Gasteiger partial charge in [-0.3, -0.25) is 0 Å². The summed E-state index contributed by atoms with van der Waals surface area (Å²) in [5.74, 6) is 0.520. The first-order valence-corrected chi connectivity index (χ1v) is 5.15. The third kappa shape index (κ3) is 2.60. The number of phenolic OH excluding ortho intramolecular Hbond substituents is 1. The lowest BCUT2D eigenvalue weighted by Crippen LogP contribution is -1.94. The van der Waals surface area contributed by atoms with Crippen LogP contribution in [0.2, 0.25) is 0 Å². The number of aromatic nitrogens is 3. The Balaban J connectivity index is 2.24. The molecule has 88 valence electrons. The fraction of sp³-hybridized carbons (Fsp3) is 0.182. The van der Waals surface area contributed by atoms with E-state index in [2.05, 4.69) is 15.3 Å². The van der Waals surface area contributed by atoms with E-state index in [4.69, 9.17) is 4.74 Å². The summed E-state index contributed by atoms with van der Waals surface area (Å²) in [6.45, 7) is 2.36. The van der Waals surface area contributed by atoms with Crippen molar-refractivity contribution >= 4 is 6.21 Å². The van der Waals surface area contributed by atoms with Gasteiger partial charge in [-0.1, -0.05) is 6.07 Å². The van der Waals surface area contributed by atoms with Gasteiger partial charge in [0, 0.05) is 5.56 Å². The summed E-state index contributed by atoms with van der Waals surface area (Å²) in [4.78, 5) is 0. The van der Waals surface area contributed by atoms with Gasteiger partial charge in [-0.05, 0) is 19.1 Å². The molecule has 1 aromatic carbocycles. The summed E-state index contributed by atoms with van der Waals surface area (Å²) in [5, 5.41) is 21.2. The van der Waals surface area contributed by atoms with Gasteiger partial charge >= 0.3 is 0 Å². The summed E-state index contributed by atoms with van der Waals surface area (Å²) in [5.41, 5.74) is 0.574. The number of nitrogens with zero attached hydrogens (tertiary/aromatic N) is 4. The van der Waals surface area contributed by atoms with Gasteiger partial charge in [0.05, 0.1) is 12.8 Å². The van der Waals surface area contributed by atoms with Gasteiger partial charge in [0.25, 0.3) is 0 Å². The van der Waals surface area contributed by atoms with Gasteiger partial charge in [0.15, 0.2) is 11.5 Å². The van der Waals surface area contributed by atoms with E-state index in [9.17, 15) is 5.11 Å². The third-order valence-electron chi connectivity index (χ3n) is 2.07. The van der Waals surface area contributed by atoms with Crippen LogP contribution in [-0.2, 0) is 0 Å². The molecule has 1 N–H and O–H groups in total. The molecule has 0 spiro atoms. The predicted molar refractivity (Wildman–Crippen MR) is 62.3 cm³/mol. The van der Waals surface area contributed by atoms with Crippen LogP contribution in [0.25, 0.3) is 0 Å². The summed E-state index contributed by atoms with van der Waals surface area (Å²) in [6.07, 6.45) is 4.43. The highest BCUT2D eigenvalue weighted by molar-refractivity contribution is 5.84. The molecule has 6 nitrogen and oxygen atoms in total. The maximum Gasteiger partial charge on any atom is 0.166 e. The molecule has 2 aromatic rings. The zero-order valence-corrected chi connectivity index (χ0v) is 9.32. The van der Waals surface area contributed by atoms with Crippen molar-refractivity contribution in [2.75, 3.05) is 6.61 Å². The lowest BCUT2D eigenvalue weighted by Gasteiger charge is -2.06. The Hall–Kier alpha value is -2.37. The monoisotopic (exact) mass is 232 g/mol. The topological polar surface area (TPSA) is 72.5 Å². The SMILES string of the molecule is CCOc1cccc(/C=N/n2cnnc2)c1O. The number of aromatic hydroxyl groups is 1. The molecule has 1 heterocycles. The second-order valence-electron chi connectivity index (χ2n) is 3.21. The molecule has 0 aliphatic heterocycles. The molecule has 0 saturated heterocycles. The predicted octanol–water partition coefficient (Wildman–Crippen LogP) is 1.26. The smallest absolute Gasteiger partial charge is 0.166 e. The average molecular weight is 232 g/mol. The van der Waals surface area contributed by atoms with Crippen LogP contribution in [0.15, 0.2) is 36.0 Å². The van der Waals surface area contributed by atoms with Gasteiger partial charge < -0.3 is 9.84 Å². The molecule has 1 aromatic heterocycles. The normalized spacial score (nSPS) is 10.9. The maximum absolute atomic E-state index is 9.89. The van der Waals surface area contributed by atoms with Crippen molar-refractivity contribution in [2.45, 2.75) is 6.92 Å². The van der Waals surface area contributed by atoms with Gasteiger partial charge in [-0.25, -0.2) is 4.68 Å². The summed E-state index contributed by atoms with van der Waals surface area (Å²) >= 11 is 0. The van der Waals surface area contributed by atoms with Gasteiger partial charge in [0.2, 0.25) is 0 Å². The van der Waals surface area contributed by atoms with E-state index in [-0.39, 0.29) is 5.75 Å². The standard InChI is InChI=1S/C11H12N4O2/c1-2-17-10-5-3-4-9(11(10)16)6-14-15-7-12-13-8-15/h3-8,16H,2H2,1H3/b14-6+. The lowest BCUT2D eigenvalue weighted by molar-refractivity contribution is 0.318. The number of benzene rings is 1. The lowest BCUT2D eigenvalue weighted by atomic mass is 10.2. The molecule has 0 atom stereocenters. The molecule has 2 rings (SSSR count). The van der Waals surface area contributed by atoms with E-state index < -0.39 is 0 Å². The Morgan fingerprint density at radius 1 is 1.41 bits per heavy atom. The number of hydrogen-bond acceptors (Lipinski definition) is 5. The van der Waals surface area contributed by atoms with Crippen molar-refractivity contribution in [3.05, 3.63) is 36.4 Å². The first-order valence-electron chi connectivity index (χ1n) is 5.15. The van der Waals surface area contributed by atoms with Gasteiger partial charge in [-0.2, -0.15) is 5.10 Å². The Kier molecular flexibility index (Phi) is 3.34. The van der Waals surface area contributed by atoms with Crippen molar-refractivity contribution < 1.29 is 9.84 Å². The number of rotatable bonds is 4. The third-order valence-corrected chi connectivity index (χ3v) is 2.07. The molecule has 0 saturated carbocycles. The number of hydrogen-bond donors (Lipinski definition) is 1. The zero-order chi connectivity index (χ0) is 12.1. The fourth-order valence-electron chi connectivity index (χ4n) is 1.30. The molecule has 0 aliphatic rings. The van der Waals surface area contributed by atoms with Crippen molar-refractivity contribution in [1.82, 2.24) is 14.9 Å². The molecule has 0 amide bonds. The Morgan fingerprint density at radius 3 is 2.88 bits per heavy atom. The zero-order valence-electron chi connectivity index (χ0n) is 9.32. The van der Waals surface area contributed by atoms with Crippen LogP contribution in [-0.4, -0.2) is 32.8 Å². The molecular weight excluding hydrogens is 220 g/mol. The molecule has 0 radical (unpaired) electrons. The highest BCUT2D eigenvalue weighted by Gasteiger charge is 2.05. The molecule has 0 aliphatic carbocycles. The minimum absolute atomic E-state index is 0.0752. The van der Waals surface area contributed by atoms with E-state index in [0.717, 1.165) is 0 Å². The van der Waals surface area contributed by atoms with E-state index in [1.807, 2.05) is 6.92 Å².